The van der Waals surface area contributed by atoms with Crippen LogP contribution in [0.2, 0.25) is 0 Å². The molecule has 0 aromatic carbocycles. The van der Waals surface area contributed by atoms with E-state index in [4.69, 9.17) is 4.74 Å². The third-order valence-electron chi connectivity index (χ3n) is 6.17. The summed E-state index contributed by atoms with van der Waals surface area (Å²) in [5, 5.41) is 5.84. The number of rotatable bonds is 3. The van der Waals surface area contributed by atoms with E-state index >= 15 is 0 Å². The van der Waals surface area contributed by atoms with Crippen LogP contribution in [0.5, 0.6) is 0 Å². The van der Waals surface area contributed by atoms with E-state index in [1.54, 1.807) is 12.3 Å². The van der Waals surface area contributed by atoms with Crippen LogP contribution in [0.3, 0.4) is 0 Å². The highest BCUT2D eigenvalue weighted by molar-refractivity contribution is 7.17. The second kappa shape index (κ2) is 7.42. The predicted molar refractivity (Wildman–Crippen MR) is 107 cm³/mol. The number of hydrogen-bond donors (Lipinski definition) is 1. The molecule has 28 heavy (non-hydrogen) atoms. The molecule has 2 bridgehead atoms. The minimum absolute atomic E-state index is 0.00260. The van der Waals surface area contributed by atoms with Crippen LogP contribution < -0.4 is 5.32 Å². The molecule has 0 spiro atoms. The van der Waals surface area contributed by atoms with Crippen LogP contribution in [0.4, 0.5) is 0 Å². The highest BCUT2D eigenvalue weighted by Gasteiger charge is 2.34. The highest BCUT2D eigenvalue weighted by atomic mass is 32.1. The molecule has 1 atom stereocenters. The zero-order chi connectivity index (χ0) is 19.1. The summed E-state index contributed by atoms with van der Waals surface area (Å²) < 4.78 is 6.26. The standard InChI is InChI=1S/C20H24N4O3S/c25-19(22-18-9-13-1-3-23(18)4-2-13)16-10-14-15(12-28-17(14)11-21-16)20(26)24-5-7-27-8-6-24/h10-13,18H,1-9H2,(H,22,25). The fourth-order valence-corrected chi connectivity index (χ4v) is 5.38. The molecule has 0 saturated carbocycles. The summed E-state index contributed by atoms with van der Waals surface area (Å²) in [6.45, 7) is 4.47. The van der Waals surface area contributed by atoms with Crippen LogP contribution in [0.25, 0.3) is 10.1 Å². The molecule has 1 unspecified atom stereocenters. The molecule has 0 aliphatic carbocycles. The Labute approximate surface area is 167 Å². The van der Waals surface area contributed by atoms with Crippen molar-refractivity contribution in [1.29, 1.82) is 0 Å². The van der Waals surface area contributed by atoms with Crippen LogP contribution in [-0.4, -0.2) is 72.2 Å². The first-order valence-electron chi connectivity index (χ1n) is 9.98. The van der Waals surface area contributed by atoms with Gasteiger partial charge in [-0.15, -0.1) is 11.3 Å². The topological polar surface area (TPSA) is 74.8 Å². The maximum atomic E-state index is 12.9. The normalized spacial score (nSPS) is 27.1. The molecular weight excluding hydrogens is 376 g/mol. The number of carbonyl (C=O) groups is 2. The fraction of sp³-hybridized carbons (Fsp3) is 0.550. The van der Waals surface area contributed by atoms with Crippen molar-refractivity contribution in [2.75, 3.05) is 39.4 Å². The molecule has 4 aliphatic heterocycles. The smallest absolute Gasteiger partial charge is 0.271 e. The highest BCUT2D eigenvalue weighted by Crippen LogP contribution is 2.31. The van der Waals surface area contributed by atoms with Crippen molar-refractivity contribution in [3.05, 3.63) is 28.9 Å². The molecule has 7 nitrogen and oxygen atoms in total. The lowest BCUT2D eigenvalue weighted by Crippen LogP contribution is -2.56. The largest absolute Gasteiger partial charge is 0.378 e. The Balaban J connectivity index is 1.36. The number of hydrogen-bond acceptors (Lipinski definition) is 6. The Morgan fingerprint density at radius 1 is 1.18 bits per heavy atom. The van der Waals surface area contributed by atoms with E-state index in [0.717, 1.165) is 35.5 Å². The first-order valence-corrected chi connectivity index (χ1v) is 10.9. The molecule has 4 fully saturated rings. The Kier molecular flexibility index (Phi) is 4.78. The van der Waals surface area contributed by atoms with Gasteiger partial charge in [0.25, 0.3) is 11.8 Å². The van der Waals surface area contributed by atoms with E-state index in [0.29, 0.717) is 37.6 Å². The number of nitrogens with zero attached hydrogens (tertiary/aromatic N) is 3. The number of fused-ring (bicyclic) bond motifs is 4. The summed E-state index contributed by atoms with van der Waals surface area (Å²) in [5.41, 5.74) is 1.03. The minimum Gasteiger partial charge on any atom is -0.378 e. The third kappa shape index (κ3) is 3.29. The van der Waals surface area contributed by atoms with Crippen LogP contribution in [0, 0.1) is 5.92 Å². The third-order valence-corrected chi connectivity index (χ3v) is 7.10. The average molecular weight is 401 g/mol. The van der Waals surface area contributed by atoms with Gasteiger partial charge in [-0.3, -0.25) is 14.5 Å². The van der Waals surface area contributed by atoms with Crippen LogP contribution >= 0.6 is 11.3 Å². The van der Waals surface area contributed by atoms with Crippen molar-refractivity contribution >= 4 is 33.2 Å². The first-order chi connectivity index (χ1) is 13.7. The Morgan fingerprint density at radius 3 is 2.68 bits per heavy atom. The number of amides is 2. The molecule has 148 valence electrons. The average Bonchev–Trinajstić information content (AvgIpc) is 3.18. The number of nitrogens with one attached hydrogen (secondary N) is 1. The summed E-state index contributed by atoms with van der Waals surface area (Å²) in [5.74, 6) is 0.568. The lowest BCUT2D eigenvalue weighted by Gasteiger charge is -2.45. The summed E-state index contributed by atoms with van der Waals surface area (Å²) >= 11 is 1.49. The Morgan fingerprint density at radius 2 is 1.96 bits per heavy atom. The van der Waals surface area contributed by atoms with Crippen LogP contribution in [-0.2, 0) is 4.74 Å². The maximum absolute atomic E-state index is 12.9. The molecule has 8 heteroatoms. The van der Waals surface area contributed by atoms with E-state index in [2.05, 4.69) is 15.2 Å². The maximum Gasteiger partial charge on any atom is 0.271 e. The van der Waals surface area contributed by atoms with E-state index in [9.17, 15) is 9.59 Å². The van der Waals surface area contributed by atoms with Crippen molar-refractivity contribution in [3.63, 3.8) is 0 Å². The van der Waals surface area contributed by atoms with Crippen molar-refractivity contribution < 1.29 is 14.3 Å². The van der Waals surface area contributed by atoms with Gasteiger partial charge in [0.15, 0.2) is 0 Å². The van der Waals surface area contributed by atoms with Gasteiger partial charge in [-0.1, -0.05) is 0 Å². The molecule has 1 N–H and O–H groups in total. The van der Waals surface area contributed by atoms with Gasteiger partial charge in [-0.25, -0.2) is 4.98 Å². The second-order valence-electron chi connectivity index (χ2n) is 7.82. The van der Waals surface area contributed by atoms with Gasteiger partial charge < -0.3 is 15.0 Å². The van der Waals surface area contributed by atoms with Gasteiger partial charge in [-0.05, 0) is 31.2 Å². The van der Waals surface area contributed by atoms with Gasteiger partial charge in [0.2, 0.25) is 0 Å². The lowest BCUT2D eigenvalue weighted by atomic mass is 9.86. The number of piperidine rings is 3. The number of morpholine rings is 1. The molecule has 2 aromatic heterocycles. The summed E-state index contributed by atoms with van der Waals surface area (Å²) in [4.78, 5) is 34.3. The van der Waals surface area contributed by atoms with Crippen LogP contribution in [0.15, 0.2) is 17.6 Å². The SMILES string of the molecule is O=C(NC1CC2CCN1CC2)c1cc2c(C(=O)N3CCOCC3)csc2cn1. The molecule has 6 rings (SSSR count). The van der Waals surface area contributed by atoms with Crippen molar-refractivity contribution in [2.24, 2.45) is 5.92 Å². The predicted octanol–water partition coefficient (Wildman–Crippen LogP) is 1.94. The quantitative estimate of drug-likeness (QED) is 0.852. The number of pyridine rings is 1. The van der Waals surface area contributed by atoms with Crippen molar-refractivity contribution in [3.8, 4) is 0 Å². The fourth-order valence-electron chi connectivity index (χ4n) is 4.50. The van der Waals surface area contributed by atoms with Crippen LogP contribution in [0.1, 0.15) is 40.1 Å². The summed E-state index contributed by atoms with van der Waals surface area (Å²) in [6, 6.07) is 1.77. The monoisotopic (exact) mass is 400 g/mol. The second-order valence-corrected chi connectivity index (χ2v) is 8.74. The molecule has 2 amide bonds. The number of thiophene rings is 1. The molecule has 4 aliphatic rings. The molecule has 6 heterocycles. The van der Waals surface area contributed by atoms with Gasteiger partial charge in [0, 0.05) is 43.1 Å². The number of aromatic nitrogens is 1. The Hall–Kier alpha value is -2.03. The number of carbonyl (C=O) groups excluding carboxylic acids is 2. The zero-order valence-corrected chi connectivity index (χ0v) is 16.5. The van der Waals surface area contributed by atoms with Crippen molar-refractivity contribution in [1.82, 2.24) is 20.1 Å². The van der Waals surface area contributed by atoms with E-state index in [1.807, 2.05) is 10.3 Å². The zero-order valence-electron chi connectivity index (χ0n) is 15.7. The first kappa shape index (κ1) is 18.0. The summed E-state index contributed by atoms with van der Waals surface area (Å²) in [6.07, 6.45) is 5.30. The minimum atomic E-state index is -0.157. The molecular formula is C20H24N4O3S. The van der Waals surface area contributed by atoms with Gasteiger partial charge >= 0.3 is 0 Å². The van der Waals surface area contributed by atoms with Gasteiger partial charge in [0.05, 0.1) is 29.6 Å². The van der Waals surface area contributed by atoms with Gasteiger partial charge in [-0.2, -0.15) is 0 Å². The molecule has 0 radical (unpaired) electrons. The van der Waals surface area contributed by atoms with E-state index in [-0.39, 0.29) is 18.0 Å². The number of ether oxygens (including phenoxy) is 1. The molecule has 4 saturated heterocycles. The lowest BCUT2D eigenvalue weighted by molar-refractivity contribution is 0.0292. The van der Waals surface area contributed by atoms with E-state index in [1.165, 1.54) is 24.2 Å². The summed E-state index contributed by atoms with van der Waals surface area (Å²) in [7, 11) is 0. The van der Waals surface area contributed by atoms with Gasteiger partial charge in [0.1, 0.15) is 5.69 Å². The van der Waals surface area contributed by atoms with E-state index < -0.39 is 0 Å². The van der Waals surface area contributed by atoms with Crippen molar-refractivity contribution in [2.45, 2.75) is 25.4 Å². The molecule has 2 aromatic rings. The Bertz CT molecular complexity index is 900.